The van der Waals surface area contributed by atoms with Gasteiger partial charge in [-0.1, -0.05) is 12.1 Å². The lowest BCUT2D eigenvalue weighted by Gasteiger charge is -2.09. The van der Waals surface area contributed by atoms with Crippen LogP contribution in [-0.2, 0) is 14.1 Å². The number of para-hydroxylation sites is 1. The minimum atomic E-state index is -0.621. The molecule has 2 rings (SSSR count). The lowest BCUT2D eigenvalue weighted by Crippen LogP contribution is -2.39. The van der Waals surface area contributed by atoms with E-state index in [0.29, 0.717) is 5.75 Å². The molecule has 20 heavy (non-hydrogen) atoms. The van der Waals surface area contributed by atoms with Crippen molar-refractivity contribution in [1.29, 1.82) is 0 Å². The maximum absolute atomic E-state index is 12.5. The monoisotopic (exact) mass is 274 g/mol. The molecule has 6 heteroatoms. The Kier molecular flexibility index (Phi) is 3.56. The molecule has 1 heterocycles. The Morgan fingerprint density at radius 1 is 1.10 bits per heavy atom. The second-order valence-electron chi connectivity index (χ2n) is 4.33. The fourth-order valence-electron chi connectivity index (χ4n) is 1.94. The molecule has 0 saturated carbocycles. The number of carbonyl (C=O) groups is 1. The first-order chi connectivity index (χ1) is 9.47. The van der Waals surface area contributed by atoms with Crippen molar-refractivity contribution in [3.8, 4) is 5.75 Å². The van der Waals surface area contributed by atoms with Crippen LogP contribution in [0.3, 0.4) is 0 Å². The van der Waals surface area contributed by atoms with Crippen molar-refractivity contribution in [2.45, 2.75) is 0 Å². The van der Waals surface area contributed by atoms with Gasteiger partial charge in [0.2, 0.25) is 5.78 Å². The van der Waals surface area contributed by atoms with Crippen molar-refractivity contribution in [3.63, 3.8) is 0 Å². The molecule has 0 unspecified atom stereocenters. The van der Waals surface area contributed by atoms with Crippen LogP contribution < -0.4 is 16.0 Å². The summed E-state index contributed by atoms with van der Waals surface area (Å²) in [7, 11) is 4.27. The first-order valence-corrected chi connectivity index (χ1v) is 5.91. The summed E-state index contributed by atoms with van der Waals surface area (Å²) in [5.41, 5.74) is -0.888. The standard InChI is InChI=1S/C14H14N2O4/c1-15-8-10(13(18)16(2)14(15)19)12(17)9-6-4-5-7-11(9)20-3/h4-8H,1-3H3. The number of aromatic nitrogens is 2. The highest BCUT2D eigenvalue weighted by molar-refractivity contribution is 6.10. The van der Waals surface area contributed by atoms with Crippen LogP contribution in [0.25, 0.3) is 0 Å². The van der Waals surface area contributed by atoms with Gasteiger partial charge in [0.05, 0.1) is 12.7 Å². The van der Waals surface area contributed by atoms with E-state index in [1.54, 1.807) is 24.3 Å². The topological polar surface area (TPSA) is 70.3 Å². The summed E-state index contributed by atoms with van der Waals surface area (Å²) in [6, 6.07) is 6.63. The third-order valence-electron chi connectivity index (χ3n) is 3.04. The molecule has 104 valence electrons. The van der Waals surface area contributed by atoms with E-state index >= 15 is 0 Å². The number of ketones is 1. The van der Waals surface area contributed by atoms with Gasteiger partial charge >= 0.3 is 5.69 Å². The Labute approximate surface area is 114 Å². The molecule has 0 amide bonds. The third kappa shape index (κ3) is 2.16. The number of rotatable bonds is 3. The van der Waals surface area contributed by atoms with Crippen molar-refractivity contribution < 1.29 is 9.53 Å². The zero-order valence-corrected chi connectivity index (χ0v) is 11.4. The van der Waals surface area contributed by atoms with Crippen LogP contribution in [0.4, 0.5) is 0 Å². The van der Waals surface area contributed by atoms with Gasteiger partial charge in [0.15, 0.2) is 0 Å². The van der Waals surface area contributed by atoms with Gasteiger partial charge in [-0.05, 0) is 12.1 Å². The van der Waals surface area contributed by atoms with Crippen molar-refractivity contribution in [3.05, 3.63) is 62.4 Å². The average Bonchev–Trinajstić information content (AvgIpc) is 2.48. The molecule has 2 aromatic rings. The van der Waals surface area contributed by atoms with Gasteiger partial charge in [-0.15, -0.1) is 0 Å². The molecular weight excluding hydrogens is 260 g/mol. The summed E-state index contributed by atoms with van der Waals surface area (Å²) in [4.78, 5) is 36.1. The average molecular weight is 274 g/mol. The highest BCUT2D eigenvalue weighted by Crippen LogP contribution is 2.19. The predicted octanol–water partition coefficient (Wildman–Crippen LogP) is 0.324. The summed E-state index contributed by atoms with van der Waals surface area (Å²) in [5.74, 6) is -0.0907. The fraction of sp³-hybridized carbons (Fsp3) is 0.214. The Bertz CT molecular complexity index is 786. The quantitative estimate of drug-likeness (QED) is 0.756. The zero-order valence-electron chi connectivity index (χ0n) is 11.4. The van der Waals surface area contributed by atoms with E-state index in [2.05, 4.69) is 0 Å². The molecule has 0 aliphatic rings. The van der Waals surface area contributed by atoms with Crippen LogP contribution in [-0.4, -0.2) is 22.0 Å². The molecule has 0 N–H and O–H groups in total. The maximum atomic E-state index is 12.5. The van der Waals surface area contributed by atoms with Crippen molar-refractivity contribution >= 4 is 5.78 Å². The molecule has 6 nitrogen and oxygen atoms in total. The van der Waals surface area contributed by atoms with Crippen LogP contribution in [0.2, 0.25) is 0 Å². The highest BCUT2D eigenvalue weighted by Gasteiger charge is 2.19. The number of aryl methyl sites for hydroxylation is 1. The molecule has 1 aromatic carbocycles. The fourth-order valence-corrected chi connectivity index (χ4v) is 1.94. The van der Waals surface area contributed by atoms with Crippen LogP contribution in [0, 0.1) is 0 Å². The third-order valence-corrected chi connectivity index (χ3v) is 3.04. The van der Waals surface area contributed by atoms with Gasteiger partial charge in [-0.25, -0.2) is 4.79 Å². The van der Waals surface area contributed by atoms with Gasteiger partial charge < -0.3 is 9.30 Å². The number of hydrogen-bond acceptors (Lipinski definition) is 4. The summed E-state index contributed by atoms with van der Waals surface area (Å²) < 4.78 is 7.22. The van der Waals surface area contributed by atoms with Gasteiger partial charge in [-0.2, -0.15) is 0 Å². The largest absolute Gasteiger partial charge is 0.496 e. The van der Waals surface area contributed by atoms with E-state index in [0.717, 1.165) is 4.57 Å². The molecule has 0 atom stereocenters. The summed E-state index contributed by atoms with van der Waals surface area (Å²) in [6.45, 7) is 0. The molecule has 0 aliphatic carbocycles. The summed E-state index contributed by atoms with van der Waals surface area (Å²) in [6.07, 6.45) is 1.25. The number of hydrogen-bond donors (Lipinski definition) is 0. The van der Waals surface area contributed by atoms with Crippen molar-refractivity contribution in [1.82, 2.24) is 9.13 Å². The van der Waals surface area contributed by atoms with Gasteiger partial charge in [-0.3, -0.25) is 14.2 Å². The molecular formula is C14H14N2O4. The normalized spacial score (nSPS) is 10.3. The molecule has 1 aromatic heterocycles. The zero-order chi connectivity index (χ0) is 14.9. The molecule has 0 saturated heterocycles. The highest BCUT2D eigenvalue weighted by atomic mass is 16.5. The number of benzene rings is 1. The Morgan fingerprint density at radius 2 is 1.75 bits per heavy atom. The lowest BCUT2D eigenvalue weighted by atomic mass is 10.0. The van der Waals surface area contributed by atoms with E-state index in [1.807, 2.05) is 0 Å². The number of carbonyl (C=O) groups excluding carboxylic acids is 1. The smallest absolute Gasteiger partial charge is 0.330 e. The van der Waals surface area contributed by atoms with Crippen molar-refractivity contribution in [2.75, 3.05) is 7.11 Å². The van der Waals surface area contributed by atoms with E-state index in [1.165, 1.54) is 32.0 Å². The Hall–Kier alpha value is -2.63. The maximum Gasteiger partial charge on any atom is 0.330 e. The minimum Gasteiger partial charge on any atom is -0.496 e. The summed E-state index contributed by atoms with van der Waals surface area (Å²) in [5, 5.41) is 0. The molecule has 0 fully saturated rings. The molecule has 0 radical (unpaired) electrons. The lowest BCUT2D eigenvalue weighted by molar-refractivity contribution is 0.103. The number of ether oxygens (including phenoxy) is 1. The molecule has 0 aliphatic heterocycles. The first-order valence-electron chi connectivity index (χ1n) is 5.91. The van der Waals surface area contributed by atoms with Crippen LogP contribution in [0.15, 0.2) is 40.1 Å². The van der Waals surface area contributed by atoms with Gasteiger partial charge in [0.1, 0.15) is 11.3 Å². The predicted molar refractivity (Wildman–Crippen MR) is 73.4 cm³/mol. The molecule has 0 spiro atoms. The van der Waals surface area contributed by atoms with Gasteiger partial charge in [0, 0.05) is 20.3 Å². The van der Waals surface area contributed by atoms with Gasteiger partial charge in [0.25, 0.3) is 5.56 Å². The second kappa shape index (κ2) is 5.16. The Morgan fingerprint density at radius 3 is 2.40 bits per heavy atom. The SMILES string of the molecule is COc1ccccc1C(=O)c1cn(C)c(=O)n(C)c1=O. The van der Waals surface area contributed by atoms with Crippen molar-refractivity contribution in [2.24, 2.45) is 14.1 Å². The van der Waals surface area contributed by atoms with Crippen LogP contribution in [0.1, 0.15) is 15.9 Å². The summed E-state index contributed by atoms with van der Waals surface area (Å²) >= 11 is 0. The van der Waals surface area contributed by atoms with Crippen LogP contribution in [0.5, 0.6) is 5.75 Å². The van der Waals surface area contributed by atoms with E-state index in [9.17, 15) is 14.4 Å². The minimum absolute atomic E-state index is 0.0703. The van der Waals surface area contributed by atoms with Crippen LogP contribution >= 0.6 is 0 Å². The molecule has 0 bridgehead atoms. The van der Waals surface area contributed by atoms with E-state index in [4.69, 9.17) is 4.74 Å². The Balaban J connectivity index is 2.66. The number of methoxy groups -OCH3 is 1. The second-order valence-corrected chi connectivity index (χ2v) is 4.33. The van der Waals surface area contributed by atoms with E-state index < -0.39 is 17.0 Å². The number of nitrogens with zero attached hydrogens (tertiary/aromatic N) is 2. The van der Waals surface area contributed by atoms with E-state index in [-0.39, 0.29) is 11.1 Å². The first kappa shape index (κ1) is 13.8.